The number of piperidine rings is 1. The molecule has 3 amide bonds. The molecule has 1 saturated heterocycles. The van der Waals surface area contributed by atoms with E-state index in [1.54, 1.807) is 11.8 Å². The Morgan fingerprint density at radius 2 is 1.65 bits per heavy atom. The fraction of sp³-hybridized carbons (Fsp3) is 0.444. The van der Waals surface area contributed by atoms with Gasteiger partial charge in [0.1, 0.15) is 0 Å². The van der Waals surface area contributed by atoms with Gasteiger partial charge in [-0.25, -0.2) is 4.79 Å². The van der Waals surface area contributed by atoms with Crippen molar-refractivity contribution in [2.45, 2.75) is 38.8 Å². The van der Waals surface area contributed by atoms with Crippen LogP contribution < -0.4 is 5.32 Å². The van der Waals surface area contributed by atoms with E-state index in [2.05, 4.69) is 5.32 Å². The maximum atomic E-state index is 13.4. The normalized spacial score (nSPS) is 14.2. The van der Waals surface area contributed by atoms with Gasteiger partial charge >= 0.3 is 18.2 Å². The van der Waals surface area contributed by atoms with Crippen molar-refractivity contribution in [3.05, 3.63) is 65.7 Å². The Bertz CT molecular complexity index is 1050. The summed E-state index contributed by atoms with van der Waals surface area (Å²) in [6, 6.07) is 13.5. The van der Waals surface area contributed by atoms with E-state index in [0.717, 1.165) is 11.6 Å². The zero-order valence-electron chi connectivity index (χ0n) is 20.8. The van der Waals surface area contributed by atoms with Crippen molar-refractivity contribution in [3.63, 3.8) is 0 Å². The monoisotopic (exact) mass is 519 g/mol. The van der Waals surface area contributed by atoms with E-state index in [9.17, 15) is 27.6 Å². The second kappa shape index (κ2) is 13.1. The van der Waals surface area contributed by atoms with Gasteiger partial charge < -0.3 is 19.9 Å². The minimum Gasteiger partial charge on any atom is -0.466 e. The van der Waals surface area contributed by atoms with Gasteiger partial charge in [0.2, 0.25) is 5.91 Å². The number of likely N-dealkylation sites (tertiary alicyclic amines) is 1. The minimum atomic E-state index is -4.62. The lowest BCUT2D eigenvalue weighted by molar-refractivity contribution is -0.151. The topological polar surface area (TPSA) is 79.0 Å². The predicted molar refractivity (Wildman–Crippen MR) is 133 cm³/mol. The first kappa shape index (κ1) is 28.0. The second-order valence-corrected chi connectivity index (χ2v) is 8.85. The molecule has 7 nitrogen and oxygen atoms in total. The number of amides is 3. The summed E-state index contributed by atoms with van der Waals surface area (Å²) in [5.74, 6) is -0.654. The van der Waals surface area contributed by atoms with Crippen LogP contribution in [0.1, 0.15) is 37.3 Å². The number of rotatable bonds is 9. The molecule has 3 rings (SSSR count). The largest absolute Gasteiger partial charge is 0.466 e. The Kier molecular flexibility index (Phi) is 9.93. The van der Waals surface area contributed by atoms with Crippen LogP contribution in [-0.4, -0.2) is 60.5 Å². The average molecular weight is 520 g/mol. The summed E-state index contributed by atoms with van der Waals surface area (Å²) in [4.78, 5) is 40.9. The first-order valence-corrected chi connectivity index (χ1v) is 12.4. The van der Waals surface area contributed by atoms with Crippen molar-refractivity contribution < 1.29 is 32.3 Å². The van der Waals surface area contributed by atoms with Crippen LogP contribution in [0.2, 0.25) is 0 Å². The molecular formula is C27H32F3N3O4. The number of urea groups is 1. The Morgan fingerprint density at radius 3 is 2.30 bits per heavy atom. The van der Waals surface area contributed by atoms with Gasteiger partial charge in [0.15, 0.2) is 0 Å². The summed E-state index contributed by atoms with van der Waals surface area (Å²) in [7, 11) is 0. The molecule has 2 aromatic rings. The van der Waals surface area contributed by atoms with Crippen molar-refractivity contribution >= 4 is 23.6 Å². The molecule has 1 N–H and O–H groups in total. The minimum absolute atomic E-state index is 0.0210. The number of nitrogens with one attached hydrogen (secondary N) is 1. The third kappa shape index (κ3) is 8.23. The summed E-state index contributed by atoms with van der Waals surface area (Å²) >= 11 is 0. The highest BCUT2D eigenvalue weighted by Crippen LogP contribution is 2.34. The highest BCUT2D eigenvalue weighted by atomic mass is 19.4. The molecule has 0 spiro atoms. The lowest BCUT2D eigenvalue weighted by atomic mass is 9.97. The summed E-state index contributed by atoms with van der Waals surface area (Å²) in [6.07, 6.45) is -3.10. The van der Waals surface area contributed by atoms with Crippen LogP contribution in [0.3, 0.4) is 0 Å². The van der Waals surface area contributed by atoms with Crippen LogP contribution in [0.5, 0.6) is 0 Å². The molecule has 1 fully saturated rings. The number of anilines is 1. The van der Waals surface area contributed by atoms with Crippen LogP contribution in [0.25, 0.3) is 0 Å². The highest BCUT2D eigenvalue weighted by Gasteiger charge is 2.34. The number of halogens is 3. The molecule has 2 aromatic carbocycles. The SMILES string of the molecule is CCOC(=O)C1CCN(C(=O)CCN(CCc2ccccc2)C(=O)Nc2ccccc2C(F)(F)F)CC1. The molecule has 0 bridgehead atoms. The quantitative estimate of drug-likeness (QED) is 0.475. The molecule has 0 atom stereocenters. The summed E-state index contributed by atoms with van der Waals surface area (Å²) in [6.45, 7) is 3.16. The van der Waals surface area contributed by atoms with Gasteiger partial charge in [-0.15, -0.1) is 0 Å². The number of alkyl halides is 3. The molecule has 0 saturated carbocycles. The Morgan fingerprint density at radius 1 is 1.00 bits per heavy atom. The van der Waals surface area contributed by atoms with E-state index in [0.29, 0.717) is 39.0 Å². The lowest BCUT2D eigenvalue weighted by Crippen LogP contribution is -2.43. The van der Waals surface area contributed by atoms with Crippen molar-refractivity contribution in [3.8, 4) is 0 Å². The first-order chi connectivity index (χ1) is 17.7. The van der Waals surface area contributed by atoms with Gasteiger partial charge in [-0.3, -0.25) is 9.59 Å². The smallest absolute Gasteiger partial charge is 0.418 e. The Labute approximate surface area is 214 Å². The molecule has 1 aliphatic rings. The molecule has 10 heteroatoms. The van der Waals surface area contributed by atoms with Crippen molar-refractivity contribution in [1.82, 2.24) is 9.80 Å². The maximum absolute atomic E-state index is 13.4. The van der Waals surface area contributed by atoms with E-state index in [4.69, 9.17) is 4.74 Å². The van der Waals surface area contributed by atoms with Gasteiger partial charge in [0.05, 0.1) is 23.8 Å². The van der Waals surface area contributed by atoms with Crippen LogP contribution in [-0.2, 0) is 26.9 Å². The van der Waals surface area contributed by atoms with E-state index in [1.165, 1.54) is 23.1 Å². The lowest BCUT2D eigenvalue weighted by Gasteiger charge is -2.32. The number of carbonyl (C=O) groups excluding carboxylic acids is 3. The van der Waals surface area contributed by atoms with Crippen LogP contribution in [0.4, 0.5) is 23.7 Å². The van der Waals surface area contributed by atoms with E-state index in [-0.39, 0.29) is 43.0 Å². The molecule has 1 heterocycles. The number of esters is 1. The fourth-order valence-electron chi connectivity index (χ4n) is 4.27. The molecule has 37 heavy (non-hydrogen) atoms. The van der Waals surface area contributed by atoms with Gasteiger partial charge in [-0.05, 0) is 43.9 Å². The first-order valence-electron chi connectivity index (χ1n) is 12.4. The second-order valence-electron chi connectivity index (χ2n) is 8.85. The van der Waals surface area contributed by atoms with E-state index >= 15 is 0 Å². The Balaban J connectivity index is 1.63. The predicted octanol–water partition coefficient (Wildman–Crippen LogP) is 4.97. The summed E-state index contributed by atoms with van der Waals surface area (Å²) in [5, 5.41) is 2.38. The fourth-order valence-corrected chi connectivity index (χ4v) is 4.27. The molecule has 0 unspecified atom stereocenters. The Hall–Kier alpha value is -3.56. The van der Waals surface area contributed by atoms with Gasteiger partial charge in [0, 0.05) is 32.6 Å². The van der Waals surface area contributed by atoms with Crippen LogP contribution in [0.15, 0.2) is 54.6 Å². The molecular weight excluding hydrogens is 487 g/mol. The molecule has 0 aromatic heterocycles. The van der Waals surface area contributed by atoms with Crippen LogP contribution in [0, 0.1) is 5.92 Å². The zero-order valence-corrected chi connectivity index (χ0v) is 20.8. The maximum Gasteiger partial charge on any atom is 0.418 e. The number of para-hydroxylation sites is 1. The van der Waals surface area contributed by atoms with Crippen LogP contribution >= 0.6 is 0 Å². The standard InChI is InChI=1S/C27H32F3N3O4/c1-2-37-25(35)21-13-17-32(18-14-21)24(34)15-19-33(16-12-20-8-4-3-5-9-20)26(36)31-23-11-7-6-10-22(23)27(28,29)30/h3-11,21H,2,12-19H2,1H3,(H,31,36). The number of nitrogens with zero attached hydrogens (tertiary/aromatic N) is 2. The van der Waals surface area contributed by atoms with Gasteiger partial charge in [0.25, 0.3) is 0 Å². The average Bonchev–Trinajstić information content (AvgIpc) is 2.89. The summed E-state index contributed by atoms with van der Waals surface area (Å²) < 4.78 is 45.3. The van der Waals surface area contributed by atoms with Crippen molar-refractivity contribution in [1.29, 1.82) is 0 Å². The molecule has 1 aliphatic heterocycles. The number of hydrogen-bond donors (Lipinski definition) is 1. The van der Waals surface area contributed by atoms with Crippen molar-refractivity contribution in [2.24, 2.45) is 5.92 Å². The zero-order chi connectivity index (χ0) is 26.8. The highest BCUT2D eigenvalue weighted by molar-refractivity contribution is 5.90. The van der Waals surface area contributed by atoms with E-state index < -0.39 is 17.8 Å². The third-order valence-corrected chi connectivity index (χ3v) is 6.34. The number of carbonyl (C=O) groups is 3. The number of benzene rings is 2. The number of hydrogen-bond acceptors (Lipinski definition) is 4. The summed E-state index contributed by atoms with van der Waals surface area (Å²) in [5.41, 5.74) is -0.313. The molecule has 0 aliphatic carbocycles. The van der Waals surface area contributed by atoms with Gasteiger partial charge in [-0.2, -0.15) is 13.2 Å². The molecule has 0 radical (unpaired) electrons. The van der Waals surface area contributed by atoms with Gasteiger partial charge in [-0.1, -0.05) is 42.5 Å². The van der Waals surface area contributed by atoms with E-state index in [1.807, 2.05) is 30.3 Å². The third-order valence-electron chi connectivity index (χ3n) is 6.34. The number of ether oxygens (including phenoxy) is 1. The molecule has 200 valence electrons. The van der Waals surface area contributed by atoms with Crippen molar-refractivity contribution in [2.75, 3.05) is 38.1 Å².